The van der Waals surface area contributed by atoms with Gasteiger partial charge in [-0.15, -0.1) is 0 Å². The monoisotopic (exact) mass is 292 g/mol. The summed E-state index contributed by atoms with van der Waals surface area (Å²) < 4.78 is 0. The smallest absolute Gasteiger partial charge is 0.224 e. The van der Waals surface area contributed by atoms with Gasteiger partial charge in [0.15, 0.2) is 0 Å². The van der Waals surface area contributed by atoms with Crippen LogP contribution in [0.5, 0.6) is 0 Å². The number of amides is 1. The Kier molecular flexibility index (Phi) is 4.57. The highest BCUT2D eigenvalue weighted by Crippen LogP contribution is 2.50. The van der Waals surface area contributed by atoms with Crippen molar-refractivity contribution >= 4 is 11.7 Å². The average Bonchev–Trinajstić information content (AvgIpc) is 2.95. The van der Waals surface area contributed by atoms with Gasteiger partial charge in [-0.3, -0.25) is 9.59 Å². The van der Waals surface area contributed by atoms with Crippen molar-refractivity contribution in [2.24, 2.45) is 29.1 Å². The maximum absolute atomic E-state index is 12.7. The Labute approximate surface area is 128 Å². The molecular formula is C17H28N2O2. The second kappa shape index (κ2) is 5.91. The van der Waals surface area contributed by atoms with Crippen molar-refractivity contribution < 1.29 is 9.59 Å². The van der Waals surface area contributed by atoms with Gasteiger partial charge in [-0.1, -0.05) is 32.9 Å². The lowest BCUT2D eigenvalue weighted by molar-refractivity contribution is -0.138. The van der Waals surface area contributed by atoms with Crippen LogP contribution in [-0.4, -0.2) is 43.8 Å². The SMILES string of the molecule is CN(C)CCNC(=O)[C@H]1C2C=C[C@@H](C2)[C@H]1C(=O)C(C)(C)C. The molecule has 0 radical (unpaired) electrons. The van der Waals surface area contributed by atoms with Crippen LogP contribution in [0.15, 0.2) is 12.2 Å². The number of hydrogen-bond acceptors (Lipinski definition) is 3. The van der Waals surface area contributed by atoms with Gasteiger partial charge in [0.2, 0.25) is 5.91 Å². The van der Waals surface area contributed by atoms with Crippen molar-refractivity contribution in [2.45, 2.75) is 27.2 Å². The lowest BCUT2D eigenvalue weighted by Gasteiger charge is -2.31. The van der Waals surface area contributed by atoms with E-state index in [-0.39, 0.29) is 40.8 Å². The first kappa shape index (κ1) is 16.2. The van der Waals surface area contributed by atoms with Crippen LogP contribution >= 0.6 is 0 Å². The second-order valence-electron chi connectivity index (χ2n) is 7.71. The van der Waals surface area contributed by atoms with E-state index in [1.54, 1.807) is 0 Å². The Morgan fingerprint density at radius 2 is 1.71 bits per heavy atom. The summed E-state index contributed by atoms with van der Waals surface area (Å²) in [6.45, 7) is 7.31. The molecule has 2 aliphatic rings. The van der Waals surface area contributed by atoms with Crippen molar-refractivity contribution in [3.63, 3.8) is 0 Å². The Balaban J connectivity index is 2.07. The number of carbonyl (C=O) groups excluding carboxylic acids is 2. The molecule has 0 saturated heterocycles. The molecule has 4 nitrogen and oxygen atoms in total. The van der Waals surface area contributed by atoms with Gasteiger partial charge in [-0.05, 0) is 32.4 Å². The first-order chi connectivity index (χ1) is 9.71. The molecule has 1 saturated carbocycles. The highest BCUT2D eigenvalue weighted by Gasteiger charge is 2.52. The van der Waals surface area contributed by atoms with Gasteiger partial charge in [0.05, 0.1) is 5.92 Å². The van der Waals surface area contributed by atoms with Crippen LogP contribution in [0.25, 0.3) is 0 Å². The molecule has 2 bridgehead atoms. The van der Waals surface area contributed by atoms with Crippen molar-refractivity contribution in [3.8, 4) is 0 Å². The molecule has 0 aromatic heterocycles. The van der Waals surface area contributed by atoms with Crippen molar-refractivity contribution in [1.82, 2.24) is 10.2 Å². The van der Waals surface area contributed by atoms with E-state index in [1.165, 1.54) is 0 Å². The first-order valence-electron chi connectivity index (χ1n) is 7.87. The molecule has 0 aromatic carbocycles. The number of Topliss-reactive ketones (excluding diaryl/α,β-unsaturated/α-hetero) is 1. The van der Waals surface area contributed by atoms with Gasteiger partial charge in [-0.25, -0.2) is 0 Å². The normalized spacial score (nSPS) is 31.0. The Hall–Kier alpha value is -1.16. The number of fused-ring (bicyclic) bond motifs is 2. The molecule has 4 heteroatoms. The third-order valence-corrected chi connectivity index (χ3v) is 4.66. The van der Waals surface area contributed by atoms with Gasteiger partial charge in [0, 0.05) is 24.4 Å². The van der Waals surface area contributed by atoms with E-state index in [9.17, 15) is 9.59 Å². The molecule has 2 rings (SSSR count). The minimum absolute atomic E-state index is 0.0521. The molecule has 0 heterocycles. The van der Waals surface area contributed by atoms with Crippen molar-refractivity contribution in [3.05, 3.63) is 12.2 Å². The zero-order valence-corrected chi connectivity index (χ0v) is 13.8. The molecule has 1 amide bonds. The number of carbonyl (C=O) groups is 2. The fourth-order valence-electron chi connectivity index (χ4n) is 3.56. The number of allylic oxidation sites excluding steroid dienone is 2. The van der Waals surface area contributed by atoms with Crippen LogP contribution in [0.1, 0.15) is 27.2 Å². The molecule has 1 N–H and O–H groups in total. The predicted octanol–water partition coefficient (Wildman–Crippen LogP) is 1.72. The summed E-state index contributed by atoms with van der Waals surface area (Å²) in [6.07, 6.45) is 5.23. The van der Waals surface area contributed by atoms with Crippen LogP contribution in [0.2, 0.25) is 0 Å². The van der Waals surface area contributed by atoms with Crippen molar-refractivity contribution in [1.29, 1.82) is 0 Å². The lowest BCUT2D eigenvalue weighted by Crippen LogP contribution is -2.44. The molecule has 1 unspecified atom stereocenters. The van der Waals surface area contributed by atoms with Gasteiger partial charge < -0.3 is 10.2 Å². The fourth-order valence-corrected chi connectivity index (χ4v) is 3.56. The molecule has 4 atom stereocenters. The highest BCUT2D eigenvalue weighted by atomic mass is 16.2. The number of hydrogen-bond donors (Lipinski definition) is 1. The molecule has 0 spiro atoms. The number of rotatable bonds is 5. The molecule has 0 aliphatic heterocycles. The standard InChI is InChI=1S/C17H28N2O2/c1-17(2,3)15(20)13-11-6-7-12(10-11)14(13)16(21)18-8-9-19(4)5/h6-7,11-14H,8-10H2,1-5H3,(H,18,21)/t11-,12?,13+,14-/m0/s1. The number of nitrogens with one attached hydrogen (secondary N) is 1. The summed E-state index contributed by atoms with van der Waals surface area (Å²) in [6, 6.07) is 0. The predicted molar refractivity (Wildman–Crippen MR) is 83.7 cm³/mol. The maximum Gasteiger partial charge on any atom is 0.224 e. The second-order valence-corrected chi connectivity index (χ2v) is 7.71. The molecule has 118 valence electrons. The average molecular weight is 292 g/mol. The third-order valence-electron chi connectivity index (χ3n) is 4.66. The molecule has 2 aliphatic carbocycles. The Morgan fingerprint density at radius 3 is 2.24 bits per heavy atom. The molecule has 0 aromatic rings. The first-order valence-corrected chi connectivity index (χ1v) is 7.87. The zero-order valence-electron chi connectivity index (χ0n) is 13.8. The van der Waals surface area contributed by atoms with E-state index in [0.29, 0.717) is 6.54 Å². The van der Waals surface area contributed by atoms with Crippen molar-refractivity contribution in [2.75, 3.05) is 27.2 Å². The Bertz CT molecular complexity index is 448. The van der Waals surface area contributed by atoms with Crippen LogP contribution < -0.4 is 5.32 Å². The minimum Gasteiger partial charge on any atom is -0.355 e. The fraction of sp³-hybridized carbons (Fsp3) is 0.765. The van der Waals surface area contributed by atoms with Crippen LogP contribution in [0, 0.1) is 29.1 Å². The Morgan fingerprint density at radius 1 is 1.14 bits per heavy atom. The summed E-state index contributed by atoms with van der Waals surface area (Å²) >= 11 is 0. The highest BCUT2D eigenvalue weighted by molar-refractivity contribution is 5.93. The molecule has 21 heavy (non-hydrogen) atoms. The van der Waals surface area contributed by atoms with E-state index >= 15 is 0 Å². The van der Waals surface area contributed by atoms with Gasteiger partial charge >= 0.3 is 0 Å². The van der Waals surface area contributed by atoms with Crippen LogP contribution in [-0.2, 0) is 9.59 Å². The maximum atomic E-state index is 12.7. The van der Waals surface area contributed by atoms with E-state index < -0.39 is 0 Å². The molecular weight excluding hydrogens is 264 g/mol. The number of likely N-dealkylation sites (N-methyl/N-ethyl adjacent to an activating group) is 1. The summed E-state index contributed by atoms with van der Waals surface area (Å²) in [5.74, 6) is 0.466. The number of nitrogens with zero attached hydrogens (tertiary/aromatic N) is 1. The van der Waals surface area contributed by atoms with E-state index in [1.807, 2.05) is 39.8 Å². The van der Waals surface area contributed by atoms with E-state index in [0.717, 1.165) is 13.0 Å². The van der Waals surface area contributed by atoms with Crippen LogP contribution in [0.3, 0.4) is 0 Å². The van der Waals surface area contributed by atoms with Crippen LogP contribution in [0.4, 0.5) is 0 Å². The summed E-state index contributed by atoms with van der Waals surface area (Å²) in [7, 11) is 3.97. The van der Waals surface area contributed by atoms with Gasteiger partial charge in [0.25, 0.3) is 0 Å². The quantitative estimate of drug-likeness (QED) is 0.785. The molecule has 1 fully saturated rings. The number of ketones is 1. The van der Waals surface area contributed by atoms with Gasteiger partial charge in [0.1, 0.15) is 5.78 Å². The lowest BCUT2D eigenvalue weighted by atomic mass is 9.72. The summed E-state index contributed by atoms with van der Waals surface area (Å²) in [4.78, 5) is 27.3. The largest absolute Gasteiger partial charge is 0.355 e. The third kappa shape index (κ3) is 3.37. The van der Waals surface area contributed by atoms with Gasteiger partial charge in [-0.2, -0.15) is 0 Å². The minimum atomic E-state index is -0.384. The van der Waals surface area contributed by atoms with E-state index in [4.69, 9.17) is 0 Å². The summed E-state index contributed by atoms with van der Waals surface area (Å²) in [5.41, 5.74) is -0.384. The topological polar surface area (TPSA) is 49.4 Å². The zero-order chi connectivity index (χ0) is 15.8. The van der Waals surface area contributed by atoms with E-state index in [2.05, 4.69) is 17.5 Å². The summed E-state index contributed by atoms with van der Waals surface area (Å²) in [5, 5.41) is 3.01.